The van der Waals surface area contributed by atoms with E-state index in [2.05, 4.69) is 10.3 Å². The van der Waals surface area contributed by atoms with E-state index in [0.717, 1.165) is 5.76 Å². The molecule has 0 spiro atoms. The van der Waals surface area contributed by atoms with Crippen LogP contribution in [0.1, 0.15) is 5.76 Å². The number of ether oxygens (including phenoxy) is 1. The largest absolute Gasteiger partial charge is 0.492 e. The minimum atomic E-state index is -0.301. The number of likely N-dealkylation sites (N-methyl/N-ethyl adjacent to an activating group) is 2. The van der Waals surface area contributed by atoms with Crippen LogP contribution in [0.25, 0.3) is 0 Å². The van der Waals surface area contributed by atoms with Gasteiger partial charge in [0.15, 0.2) is 5.96 Å². The molecule has 0 radical (unpaired) electrons. The van der Waals surface area contributed by atoms with Crippen molar-refractivity contribution in [2.24, 2.45) is 4.99 Å². The molecule has 0 aliphatic carbocycles. The number of amides is 1. The lowest BCUT2D eigenvalue weighted by Gasteiger charge is -2.22. The summed E-state index contributed by atoms with van der Waals surface area (Å²) in [6.07, 6.45) is 2.34. The molecule has 1 aromatic carbocycles. The highest BCUT2D eigenvalue weighted by Gasteiger charge is 2.10. The minimum absolute atomic E-state index is 0.0548. The first-order valence-corrected chi connectivity index (χ1v) is 9.06. The molecule has 1 heterocycles. The Morgan fingerprint density at radius 3 is 2.61 bits per heavy atom. The summed E-state index contributed by atoms with van der Waals surface area (Å²) < 4.78 is 23.9. The number of benzene rings is 1. The number of hydrogen-bond acceptors (Lipinski definition) is 4. The Bertz CT molecular complexity index is 745. The molecule has 0 bridgehead atoms. The first-order valence-electron chi connectivity index (χ1n) is 9.06. The maximum absolute atomic E-state index is 12.9. The van der Waals surface area contributed by atoms with Crippen molar-refractivity contribution in [3.63, 3.8) is 0 Å². The first-order chi connectivity index (χ1) is 13.5. The fraction of sp³-hybridized carbons (Fsp3) is 0.400. The molecule has 0 saturated heterocycles. The van der Waals surface area contributed by atoms with Crippen LogP contribution < -0.4 is 10.1 Å². The Hall–Kier alpha value is -3.03. The predicted octanol–water partition coefficient (Wildman–Crippen LogP) is 2.01. The van der Waals surface area contributed by atoms with E-state index < -0.39 is 0 Å². The van der Waals surface area contributed by atoms with Crippen LogP contribution in [-0.2, 0) is 11.2 Å². The molecular formula is C20H27FN4O3. The van der Waals surface area contributed by atoms with Crippen LogP contribution in [0.2, 0.25) is 0 Å². The van der Waals surface area contributed by atoms with Crippen molar-refractivity contribution in [2.45, 2.75) is 6.42 Å². The summed E-state index contributed by atoms with van der Waals surface area (Å²) in [6, 6.07) is 9.64. The predicted molar refractivity (Wildman–Crippen MR) is 106 cm³/mol. The van der Waals surface area contributed by atoms with E-state index >= 15 is 0 Å². The fourth-order valence-corrected chi connectivity index (χ4v) is 2.28. The maximum atomic E-state index is 12.9. The summed E-state index contributed by atoms with van der Waals surface area (Å²) in [5.74, 6) is 1.69. The van der Waals surface area contributed by atoms with Crippen molar-refractivity contribution in [3.05, 3.63) is 54.2 Å². The quantitative estimate of drug-likeness (QED) is 0.524. The van der Waals surface area contributed by atoms with Crippen molar-refractivity contribution in [1.29, 1.82) is 0 Å². The molecule has 0 unspecified atom stereocenters. The van der Waals surface area contributed by atoms with Crippen LogP contribution in [0.15, 0.2) is 52.1 Å². The standard InChI is InChI=1S/C20H27FN4O3/c1-24(2)19(26)15-23-20(22-11-10-17-5-4-13-27-17)25(3)12-14-28-18-8-6-16(21)7-9-18/h4-9,13H,10-12,14-15H2,1-3H3,(H,22,23). The second-order valence-electron chi connectivity index (χ2n) is 6.41. The summed E-state index contributed by atoms with van der Waals surface area (Å²) in [4.78, 5) is 19.6. The van der Waals surface area contributed by atoms with Gasteiger partial charge in [0.25, 0.3) is 0 Å². The summed E-state index contributed by atoms with van der Waals surface area (Å²) in [6.45, 7) is 1.60. The summed E-state index contributed by atoms with van der Waals surface area (Å²) >= 11 is 0. The molecular weight excluding hydrogens is 363 g/mol. The minimum Gasteiger partial charge on any atom is -0.492 e. The number of halogens is 1. The number of nitrogens with one attached hydrogen (secondary N) is 1. The molecule has 1 N–H and O–H groups in total. The van der Waals surface area contributed by atoms with E-state index in [1.165, 1.54) is 17.0 Å². The van der Waals surface area contributed by atoms with Crippen molar-refractivity contribution < 1.29 is 18.3 Å². The highest BCUT2D eigenvalue weighted by atomic mass is 19.1. The van der Waals surface area contributed by atoms with Crippen LogP contribution in [0.4, 0.5) is 4.39 Å². The fourth-order valence-electron chi connectivity index (χ4n) is 2.28. The third-order valence-corrected chi connectivity index (χ3v) is 3.97. The zero-order valence-corrected chi connectivity index (χ0v) is 16.5. The number of rotatable bonds is 9. The highest BCUT2D eigenvalue weighted by Crippen LogP contribution is 2.10. The maximum Gasteiger partial charge on any atom is 0.243 e. The van der Waals surface area contributed by atoms with Crippen molar-refractivity contribution in [3.8, 4) is 5.75 Å². The first kappa shape index (κ1) is 21.3. The number of guanidine groups is 1. The van der Waals surface area contributed by atoms with Crippen LogP contribution in [0, 0.1) is 5.82 Å². The number of aliphatic imine (C=N–C) groups is 1. The second-order valence-corrected chi connectivity index (χ2v) is 6.41. The number of hydrogen-bond donors (Lipinski definition) is 1. The topological polar surface area (TPSA) is 70.3 Å². The molecule has 28 heavy (non-hydrogen) atoms. The van der Waals surface area contributed by atoms with Gasteiger partial charge in [0.05, 0.1) is 12.8 Å². The summed E-state index contributed by atoms with van der Waals surface area (Å²) in [5, 5.41) is 3.25. The third-order valence-electron chi connectivity index (χ3n) is 3.97. The summed E-state index contributed by atoms with van der Waals surface area (Å²) in [5.41, 5.74) is 0. The van der Waals surface area contributed by atoms with E-state index in [1.807, 2.05) is 24.1 Å². The van der Waals surface area contributed by atoms with Crippen molar-refractivity contribution >= 4 is 11.9 Å². The van der Waals surface area contributed by atoms with Gasteiger partial charge in [-0.05, 0) is 36.4 Å². The monoisotopic (exact) mass is 390 g/mol. The Balaban J connectivity index is 1.88. The molecule has 1 amide bonds. The zero-order valence-electron chi connectivity index (χ0n) is 16.5. The summed E-state index contributed by atoms with van der Waals surface area (Å²) in [7, 11) is 5.26. The van der Waals surface area contributed by atoms with Crippen LogP contribution >= 0.6 is 0 Å². The van der Waals surface area contributed by atoms with Crippen LogP contribution in [0.3, 0.4) is 0 Å². The second kappa shape index (κ2) is 11.0. The van der Waals surface area contributed by atoms with Gasteiger partial charge in [0.2, 0.25) is 5.91 Å². The molecule has 2 rings (SSSR count). The van der Waals surface area contributed by atoms with E-state index in [4.69, 9.17) is 9.15 Å². The van der Waals surface area contributed by atoms with E-state index in [0.29, 0.717) is 37.8 Å². The van der Waals surface area contributed by atoms with E-state index in [9.17, 15) is 9.18 Å². The van der Waals surface area contributed by atoms with Gasteiger partial charge in [0.1, 0.15) is 30.5 Å². The molecule has 8 heteroatoms. The molecule has 0 aliphatic heterocycles. The van der Waals surface area contributed by atoms with Gasteiger partial charge in [-0.2, -0.15) is 0 Å². The van der Waals surface area contributed by atoms with E-state index in [1.54, 1.807) is 32.5 Å². The van der Waals surface area contributed by atoms with Gasteiger partial charge in [0, 0.05) is 34.1 Å². The Morgan fingerprint density at radius 2 is 1.96 bits per heavy atom. The SMILES string of the molecule is CN(C)C(=O)CN=C(NCCc1ccco1)N(C)CCOc1ccc(F)cc1. The molecule has 0 aliphatic rings. The lowest BCUT2D eigenvalue weighted by molar-refractivity contribution is -0.127. The number of carbonyl (C=O) groups excluding carboxylic acids is 1. The normalized spacial score (nSPS) is 11.2. The lowest BCUT2D eigenvalue weighted by Crippen LogP contribution is -2.42. The molecule has 0 fully saturated rings. The molecule has 152 valence electrons. The van der Waals surface area contributed by atoms with Gasteiger partial charge in [-0.3, -0.25) is 4.79 Å². The molecule has 0 atom stereocenters. The Kier molecular flexibility index (Phi) is 8.33. The Morgan fingerprint density at radius 1 is 1.21 bits per heavy atom. The molecule has 7 nitrogen and oxygen atoms in total. The van der Waals surface area contributed by atoms with Gasteiger partial charge in [-0.1, -0.05) is 0 Å². The van der Waals surface area contributed by atoms with Crippen LogP contribution in [0.5, 0.6) is 5.75 Å². The zero-order chi connectivity index (χ0) is 20.4. The van der Waals surface area contributed by atoms with Gasteiger partial charge < -0.3 is 24.3 Å². The van der Waals surface area contributed by atoms with Gasteiger partial charge in [-0.25, -0.2) is 9.38 Å². The Labute approximate surface area is 164 Å². The van der Waals surface area contributed by atoms with Crippen molar-refractivity contribution in [1.82, 2.24) is 15.1 Å². The van der Waals surface area contributed by atoms with Gasteiger partial charge in [-0.15, -0.1) is 0 Å². The molecule has 1 aromatic heterocycles. The van der Waals surface area contributed by atoms with Gasteiger partial charge >= 0.3 is 0 Å². The third kappa shape index (κ3) is 7.30. The molecule has 0 saturated carbocycles. The molecule has 2 aromatic rings. The highest BCUT2D eigenvalue weighted by molar-refractivity contribution is 5.84. The van der Waals surface area contributed by atoms with E-state index in [-0.39, 0.29) is 18.3 Å². The number of nitrogens with zero attached hydrogens (tertiary/aromatic N) is 3. The van der Waals surface area contributed by atoms with Crippen LogP contribution in [-0.4, -0.2) is 69.1 Å². The average Bonchev–Trinajstić information content (AvgIpc) is 3.19. The lowest BCUT2D eigenvalue weighted by atomic mass is 10.3. The average molecular weight is 390 g/mol. The van der Waals surface area contributed by atoms with Crippen molar-refractivity contribution in [2.75, 3.05) is 47.4 Å². The number of carbonyl (C=O) groups is 1. The smallest absolute Gasteiger partial charge is 0.243 e. The number of furan rings is 1.